The van der Waals surface area contributed by atoms with E-state index in [4.69, 9.17) is 10.4 Å². The molecule has 4 heteroatoms. The first-order chi connectivity index (χ1) is 5.65. The summed E-state index contributed by atoms with van der Waals surface area (Å²) in [6.45, 7) is 0. The first-order valence-electron chi connectivity index (χ1n) is 3.09. The van der Waals surface area contributed by atoms with Crippen LogP contribution in [0.2, 0.25) is 0 Å². The van der Waals surface area contributed by atoms with Crippen LogP contribution < -0.4 is 5.11 Å². The Kier molecular flexibility index (Phi) is 1.97. The maximum Gasteiger partial charge on any atom is 0.335 e. The Bertz CT molecular complexity index is 365. The zero-order valence-electron chi connectivity index (χ0n) is 5.94. The summed E-state index contributed by atoms with van der Waals surface area (Å²) in [6.07, 6.45) is 0. The summed E-state index contributed by atoms with van der Waals surface area (Å²) in [5, 5.41) is 27.7. The van der Waals surface area contributed by atoms with Crippen LogP contribution in [-0.4, -0.2) is 11.1 Å². The third kappa shape index (κ3) is 1.35. The minimum absolute atomic E-state index is 0.0417. The van der Waals surface area contributed by atoms with Gasteiger partial charge in [-0.1, -0.05) is 11.8 Å². The molecule has 1 N–H and O–H groups in total. The summed E-state index contributed by atoms with van der Waals surface area (Å²) in [7, 11) is 0. The molecule has 1 aromatic rings. The van der Waals surface area contributed by atoms with Gasteiger partial charge in [-0.25, -0.2) is 4.79 Å². The Labute approximate surface area is 68.3 Å². The van der Waals surface area contributed by atoms with Crippen LogP contribution in [0.3, 0.4) is 0 Å². The molecule has 0 fully saturated rings. The predicted octanol–water partition coefficient (Wildman–Crippen LogP) is 0.330. The van der Waals surface area contributed by atoms with E-state index in [1.165, 1.54) is 12.1 Å². The molecule has 1 rings (SSSR count). The molecule has 0 aliphatic heterocycles. The van der Waals surface area contributed by atoms with Crippen molar-refractivity contribution >= 4 is 5.97 Å². The van der Waals surface area contributed by atoms with E-state index in [-0.39, 0.29) is 11.1 Å². The van der Waals surface area contributed by atoms with E-state index >= 15 is 0 Å². The van der Waals surface area contributed by atoms with Crippen molar-refractivity contribution in [3.05, 3.63) is 29.3 Å². The molecule has 0 aromatic heterocycles. The highest BCUT2D eigenvalue weighted by atomic mass is 16.4. The second-order valence-electron chi connectivity index (χ2n) is 2.13. The lowest BCUT2D eigenvalue weighted by Gasteiger charge is -2.07. The second-order valence-corrected chi connectivity index (χ2v) is 2.13. The molecule has 1 aromatic carbocycles. The lowest BCUT2D eigenvalue weighted by atomic mass is 10.1. The number of benzene rings is 1. The van der Waals surface area contributed by atoms with Crippen LogP contribution in [0.5, 0.6) is 5.75 Å². The third-order valence-corrected chi connectivity index (χ3v) is 1.35. The van der Waals surface area contributed by atoms with E-state index in [1.807, 2.05) is 0 Å². The summed E-state index contributed by atoms with van der Waals surface area (Å²) in [6, 6.07) is 5.01. The van der Waals surface area contributed by atoms with Crippen molar-refractivity contribution in [2.45, 2.75) is 0 Å². The molecule has 0 radical (unpaired) electrons. The van der Waals surface area contributed by atoms with Gasteiger partial charge >= 0.3 is 5.97 Å². The van der Waals surface area contributed by atoms with Crippen molar-refractivity contribution < 1.29 is 15.0 Å². The largest absolute Gasteiger partial charge is 0.872 e. The lowest BCUT2D eigenvalue weighted by molar-refractivity contribution is -0.268. The van der Waals surface area contributed by atoms with Crippen LogP contribution in [0.25, 0.3) is 0 Å². The van der Waals surface area contributed by atoms with Crippen LogP contribution in [0.4, 0.5) is 0 Å². The number of carbonyl (C=O) groups is 1. The van der Waals surface area contributed by atoms with Crippen molar-refractivity contribution in [2.24, 2.45) is 0 Å². The van der Waals surface area contributed by atoms with E-state index in [0.29, 0.717) is 0 Å². The Morgan fingerprint density at radius 1 is 1.58 bits per heavy atom. The van der Waals surface area contributed by atoms with Gasteiger partial charge < -0.3 is 10.2 Å². The smallest absolute Gasteiger partial charge is 0.335 e. The SMILES string of the molecule is N#Cc1ccc(C(=O)O)cc1[O-]. The number of carboxylic acid groups (broad SMARTS) is 1. The van der Waals surface area contributed by atoms with Gasteiger partial charge in [-0.2, -0.15) is 5.26 Å². The van der Waals surface area contributed by atoms with Gasteiger partial charge in [0.1, 0.15) is 0 Å². The quantitative estimate of drug-likeness (QED) is 0.644. The number of hydrogen-bond acceptors (Lipinski definition) is 3. The third-order valence-electron chi connectivity index (χ3n) is 1.35. The molecule has 0 unspecified atom stereocenters. The molecular formula is C8H4NO3-. The summed E-state index contributed by atoms with van der Waals surface area (Å²) in [5.74, 6) is -1.73. The highest BCUT2D eigenvalue weighted by molar-refractivity contribution is 5.88. The molecule has 60 valence electrons. The highest BCUT2D eigenvalue weighted by Gasteiger charge is 2.01. The van der Waals surface area contributed by atoms with E-state index in [1.54, 1.807) is 6.07 Å². The first kappa shape index (κ1) is 8.08. The molecule has 4 nitrogen and oxygen atoms in total. The Morgan fingerprint density at radius 2 is 2.25 bits per heavy atom. The molecule has 0 spiro atoms. The fourth-order valence-electron chi connectivity index (χ4n) is 0.748. The molecule has 0 saturated carbocycles. The molecule has 0 aliphatic carbocycles. The van der Waals surface area contributed by atoms with E-state index < -0.39 is 11.7 Å². The number of rotatable bonds is 1. The summed E-state index contributed by atoms with van der Waals surface area (Å²) in [4.78, 5) is 10.3. The van der Waals surface area contributed by atoms with E-state index in [9.17, 15) is 9.90 Å². The molecule has 0 heterocycles. The van der Waals surface area contributed by atoms with Gasteiger partial charge in [0.2, 0.25) is 0 Å². The zero-order chi connectivity index (χ0) is 9.14. The van der Waals surface area contributed by atoms with Gasteiger partial charge in [0, 0.05) is 5.56 Å². The predicted molar refractivity (Wildman–Crippen MR) is 37.6 cm³/mol. The van der Waals surface area contributed by atoms with Gasteiger partial charge in [-0.15, -0.1) is 0 Å². The zero-order valence-corrected chi connectivity index (χ0v) is 5.94. The summed E-state index contributed by atoms with van der Waals surface area (Å²) in [5.41, 5.74) is -0.140. The monoisotopic (exact) mass is 162 g/mol. The van der Waals surface area contributed by atoms with Crippen LogP contribution in [0.15, 0.2) is 18.2 Å². The maximum absolute atomic E-state index is 10.9. The Hall–Kier alpha value is -2.02. The maximum atomic E-state index is 10.9. The summed E-state index contributed by atoms with van der Waals surface area (Å²) < 4.78 is 0. The molecule has 0 bridgehead atoms. The Morgan fingerprint density at radius 3 is 2.67 bits per heavy atom. The van der Waals surface area contributed by atoms with Crippen molar-refractivity contribution in [1.29, 1.82) is 5.26 Å². The second kappa shape index (κ2) is 2.93. The number of hydrogen-bond donors (Lipinski definition) is 1. The van der Waals surface area contributed by atoms with Crippen LogP contribution >= 0.6 is 0 Å². The van der Waals surface area contributed by atoms with Crippen LogP contribution in [0.1, 0.15) is 15.9 Å². The van der Waals surface area contributed by atoms with Crippen molar-refractivity contribution in [1.82, 2.24) is 0 Å². The highest BCUT2D eigenvalue weighted by Crippen LogP contribution is 2.14. The number of nitrogens with zero attached hydrogens (tertiary/aromatic N) is 1. The molecule has 0 atom stereocenters. The molecular weight excluding hydrogens is 158 g/mol. The standard InChI is InChI=1S/C8H5NO3/c9-4-6-2-1-5(8(11)12)3-7(6)10/h1-3,10H,(H,11,12)/p-1. The van der Waals surface area contributed by atoms with Gasteiger partial charge in [0.25, 0.3) is 0 Å². The van der Waals surface area contributed by atoms with E-state index in [0.717, 1.165) is 6.07 Å². The van der Waals surface area contributed by atoms with Gasteiger partial charge in [-0.05, 0) is 12.1 Å². The van der Waals surface area contributed by atoms with Gasteiger partial charge in [0.15, 0.2) is 0 Å². The van der Waals surface area contributed by atoms with Crippen molar-refractivity contribution in [3.63, 3.8) is 0 Å². The summed E-state index contributed by atoms with van der Waals surface area (Å²) >= 11 is 0. The van der Waals surface area contributed by atoms with Gasteiger partial charge in [-0.3, -0.25) is 0 Å². The number of nitriles is 1. The fraction of sp³-hybridized carbons (Fsp3) is 0. The molecule has 0 aliphatic rings. The van der Waals surface area contributed by atoms with Crippen molar-refractivity contribution in [2.75, 3.05) is 0 Å². The number of aromatic carboxylic acids is 1. The van der Waals surface area contributed by atoms with Crippen LogP contribution in [0, 0.1) is 11.3 Å². The van der Waals surface area contributed by atoms with Gasteiger partial charge in [0.05, 0.1) is 11.6 Å². The van der Waals surface area contributed by atoms with E-state index in [2.05, 4.69) is 0 Å². The lowest BCUT2D eigenvalue weighted by Crippen LogP contribution is -2.00. The van der Waals surface area contributed by atoms with Crippen LogP contribution in [-0.2, 0) is 0 Å². The first-order valence-corrected chi connectivity index (χ1v) is 3.09. The topological polar surface area (TPSA) is 84.2 Å². The average molecular weight is 162 g/mol. The minimum Gasteiger partial charge on any atom is -0.872 e. The fourth-order valence-corrected chi connectivity index (χ4v) is 0.748. The number of carboxylic acids is 1. The normalized spacial score (nSPS) is 8.92. The molecule has 0 amide bonds. The van der Waals surface area contributed by atoms with Crippen molar-refractivity contribution in [3.8, 4) is 11.8 Å². The molecule has 12 heavy (non-hydrogen) atoms. The Balaban J connectivity index is 3.21. The molecule has 0 saturated heterocycles. The average Bonchev–Trinajstić information content (AvgIpc) is 2.04. The minimum atomic E-state index is -1.17.